The van der Waals surface area contributed by atoms with Crippen molar-refractivity contribution in [2.45, 2.75) is 28.6 Å². The van der Waals surface area contributed by atoms with E-state index in [0.29, 0.717) is 29.1 Å². The van der Waals surface area contributed by atoms with Crippen molar-refractivity contribution < 1.29 is 13.2 Å². The van der Waals surface area contributed by atoms with Gasteiger partial charge in [0.05, 0.1) is 16.3 Å². The van der Waals surface area contributed by atoms with Crippen molar-refractivity contribution in [1.82, 2.24) is 9.97 Å². The van der Waals surface area contributed by atoms with Gasteiger partial charge in [-0.1, -0.05) is 0 Å². The predicted octanol–water partition coefficient (Wildman–Crippen LogP) is 3.56. The summed E-state index contributed by atoms with van der Waals surface area (Å²) in [6, 6.07) is 12.0. The van der Waals surface area contributed by atoms with Crippen LogP contribution in [0.5, 0.6) is 0 Å². The molecule has 1 aliphatic heterocycles. The molecule has 3 aromatic rings. The molecule has 1 fully saturated rings. The Kier molecular flexibility index (Phi) is 5.47. The Morgan fingerprint density at radius 2 is 1.82 bits per heavy atom. The number of carbonyl (C=O) groups excluding carboxylic acids is 1. The first-order chi connectivity index (χ1) is 15.8. The molecule has 0 saturated heterocycles. The van der Waals surface area contributed by atoms with Gasteiger partial charge in [-0.05, 0) is 61.2 Å². The summed E-state index contributed by atoms with van der Waals surface area (Å²) in [6.07, 6.45) is 4.01. The number of fused-ring (bicyclic) bond motifs is 1. The molecule has 170 valence electrons. The van der Waals surface area contributed by atoms with Crippen LogP contribution in [-0.4, -0.2) is 37.1 Å². The largest absolute Gasteiger partial charge is 0.340 e. The normalized spacial score (nSPS) is 15.8. The first kappa shape index (κ1) is 21.7. The monoisotopic (exact) mass is 482 g/mol. The first-order valence-corrected chi connectivity index (χ1v) is 12.9. The maximum atomic E-state index is 12.1. The van der Waals surface area contributed by atoms with Crippen LogP contribution in [0.2, 0.25) is 0 Å². The van der Waals surface area contributed by atoms with E-state index in [1.165, 1.54) is 23.9 Å². The molecule has 2 aliphatic rings. The second-order valence-corrected chi connectivity index (χ2v) is 10.6. The van der Waals surface area contributed by atoms with Gasteiger partial charge in [0.2, 0.25) is 21.9 Å². The number of hydrogen-bond acceptors (Lipinski definition) is 8. The zero-order valence-corrected chi connectivity index (χ0v) is 19.4. The predicted molar refractivity (Wildman–Crippen MR) is 129 cm³/mol. The van der Waals surface area contributed by atoms with Crippen molar-refractivity contribution in [2.75, 3.05) is 28.3 Å². The second-order valence-electron chi connectivity index (χ2n) is 8.02. The number of aromatic nitrogens is 2. The minimum atomic E-state index is -3.75. The SMILES string of the molecule is CN1C(=O)CSc2ccc(Nc3nc(Nc4ccc(S(N)(=O)=O)cc4)ncc3C3CC3)cc21. The number of amides is 1. The average Bonchev–Trinajstić information content (AvgIpc) is 3.62. The van der Waals surface area contributed by atoms with E-state index in [-0.39, 0.29) is 10.8 Å². The van der Waals surface area contributed by atoms with E-state index in [4.69, 9.17) is 5.14 Å². The van der Waals surface area contributed by atoms with Crippen LogP contribution in [0.4, 0.5) is 28.8 Å². The number of nitrogens with zero attached hydrogens (tertiary/aromatic N) is 3. The Morgan fingerprint density at radius 3 is 2.52 bits per heavy atom. The van der Waals surface area contributed by atoms with Crippen LogP contribution in [0.3, 0.4) is 0 Å². The number of thioether (sulfide) groups is 1. The molecule has 2 aromatic carbocycles. The van der Waals surface area contributed by atoms with Crippen molar-refractivity contribution in [3.8, 4) is 0 Å². The third-order valence-electron chi connectivity index (χ3n) is 5.58. The number of nitrogens with two attached hydrogens (primary N) is 1. The summed E-state index contributed by atoms with van der Waals surface area (Å²) in [5, 5.41) is 11.7. The molecule has 1 amide bonds. The number of benzene rings is 2. The van der Waals surface area contributed by atoms with E-state index < -0.39 is 10.0 Å². The number of sulfonamides is 1. The van der Waals surface area contributed by atoms with Gasteiger partial charge >= 0.3 is 0 Å². The molecule has 1 aliphatic carbocycles. The van der Waals surface area contributed by atoms with Gasteiger partial charge in [-0.2, -0.15) is 4.98 Å². The number of nitrogens with one attached hydrogen (secondary N) is 2. The fraction of sp³-hybridized carbons (Fsp3) is 0.227. The van der Waals surface area contributed by atoms with Crippen molar-refractivity contribution in [3.05, 3.63) is 54.2 Å². The van der Waals surface area contributed by atoms with Gasteiger partial charge in [0, 0.05) is 35.1 Å². The van der Waals surface area contributed by atoms with Gasteiger partial charge in [0.15, 0.2) is 0 Å². The highest BCUT2D eigenvalue weighted by Crippen LogP contribution is 2.44. The fourth-order valence-corrected chi connectivity index (χ4v) is 5.08. The minimum absolute atomic E-state index is 0.0365. The quantitative estimate of drug-likeness (QED) is 0.486. The number of primary sulfonamides is 1. The highest BCUT2D eigenvalue weighted by Gasteiger charge is 2.28. The first-order valence-electron chi connectivity index (χ1n) is 10.4. The second kappa shape index (κ2) is 8.32. The van der Waals surface area contributed by atoms with Crippen LogP contribution in [0, 0.1) is 0 Å². The number of rotatable bonds is 6. The third kappa shape index (κ3) is 4.65. The van der Waals surface area contributed by atoms with Crippen molar-refractivity contribution in [3.63, 3.8) is 0 Å². The van der Waals surface area contributed by atoms with Crippen molar-refractivity contribution in [2.24, 2.45) is 5.14 Å². The Bertz CT molecular complexity index is 1340. The van der Waals surface area contributed by atoms with Gasteiger partial charge in [-0.15, -0.1) is 11.8 Å². The number of carbonyl (C=O) groups is 1. The molecular formula is C22H22N6O3S2. The van der Waals surface area contributed by atoms with Crippen LogP contribution in [0.1, 0.15) is 24.3 Å². The molecule has 1 aromatic heterocycles. The lowest BCUT2D eigenvalue weighted by atomic mass is 10.2. The van der Waals surface area contributed by atoms with Crippen molar-refractivity contribution in [1.29, 1.82) is 0 Å². The molecule has 1 saturated carbocycles. The molecular weight excluding hydrogens is 460 g/mol. The topological polar surface area (TPSA) is 130 Å². The fourth-order valence-electron chi connectivity index (χ4n) is 3.59. The van der Waals surface area contributed by atoms with Crippen molar-refractivity contribution >= 4 is 56.5 Å². The Morgan fingerprint density at radius 1 is 1.09 bits per heavy atom. The maximum Gasteiger partial charge on any atom is 0.238 e. The van der Waals surface area contributed by atoms with Gasteiger partial charge in [0.1, 0.15) is 5.82 Å². The zero-order valence-electron chi connectivity index (χ0n) is 17.8. The Hall–Kier alpha value is -3.15. The number of anilines is 5. The van der Waals surface area contributed by atoms with Crippen LogP contribution < -0.4 is 20.7 Å². The molecule has 11 heteroatoms. The molecule has 4 N–H and O–H groups in total. The summed E-state index contributed by atoms with van der Waals surface area (Å²) >= 11 is 1.54. The van der Waals surface area contributed by atoms with Gasteiger partial charge in [0.25, 0.3) is 0 Å². The molecule has 33 heavy (non-hydrogen) atoms. The molecule has 0 spiro atoms. The highest BCUT2D eigenvalue weighted by molar-refractivity contribution is 8.00. The lowest BCUT2D eigenvalue weighted by Crippen LogP contribution is -2.31. The number of hydrogen-bond donors (Lipinski definition) is 3. The summed E-state index contributed by atoms with van der Waals surface area (Å²) < 4.78 is 22.9. The molecule has 2 heterocycles. The Labute approximate surface area is 195 Å². The summed E-state index contributed by atoms with van der Waals surface area (Å²) in [5.41, 5.74) is 3.39. The van der Waals surface area contributed by atoms with E-state index in [1.807, 2.05) is 24.4 Å². The van der Waals surface area contributed by atoms with Crippen LogP contribution in [-0.2, 0) is 14.8 Å². The standard InChI is InChI=1S/C22H22N6O3S2/c1-28-18-10-15(6-9-19(18)32-12-20(28)29)25-21-17(13-2-3-13)11-24-22(27-21)26-14-4-7-16(8-5-14)33(23,30)31/h4-11,13H,2-3,12H2,1H3,(H2,23,30,31)(H2,24,25,26,27). The van der Waals surface area contributed by atoms with Gasteiger partial charge in [-0.3, -0.25) is 4.79 Å². The molecule has 0 bridgehead atoms. The third-order valence-corrected chi connectivity index (χ3v) is 7.56. The molecule has 9 nitrogen and oxygen atoms in total. The summed E-state index contributed by atoms with van der Waals surface area (Å²) in [5.74, 6) is 2.03. The summed E-state index contributed by atoms with van der Waals surface area (Å²) in [6.45, 7) is 0. The maximum absolute atomic E-state index is 12.1. The van der Waals surface area contributed by atoms with E-state index in [0.717, 1.165) is 34.7 Å². The molecule has 0 radical (unpaired) electrons. The van der Waals surface area contributed by atoms with Crippen LogP contribution >= 0.6 is 11.8 Å². The highest BCUT2D eigenvalue weighted by atomic mass is 32.2. The summed E-state index contributed by atoms with van der Waals surface area (Å²) in [4.78, 5) is 24.0. The van der Waals surface area contributed by atoms with E-state index in [2.05, 4.69) is 20.6 Å². The summed E-state index contributed by atoms with van der Waals surface area (Å²) in [7, 11) is -1.97. The molecule has 0 unspecified atom stereocenters. The van der Waals surface area contributed by atoms with Gasteiger partial charge < -0.3 is 15.5 Å². The van der Waals surface area contributed by atoms with Crippen LogP contribution in [0.15, 0.2) is 58.5 Å². The van der Waals surface area contributed by atoms with E-state index >= 15 is 0 Å². The smallest absolute Gasteiger partial charge is 0.238 e. The lowest BCUT2D eigenvalue weighted by molar-refractivity contribution is -0.116. The molecule has 5 rings (SSSR count). The average molecular weight is 483 g/mol. The van der Waals surface area contributed by atoms with Gasteiger partial charge in [-0.25, -0.2) is 18.5 Å². The Balaban J connectivity index is 1.42. The minimum Gasteiger partial charge on any atom is -0.340 e. The van der Waals surface area contributed by atoms with E-state index in [9.17, 15) is 13.2 Å². The molecule has 0 atom stereocenters. The zero-order chi connectivity index (χ0) is 23.2. The lowest BCUT2D eigenvalue weighted by Gasteiger charge is -2.26. The van der Waals surface area contributed by atoms with E-state index in [1.54, 1.807) is 24.1 Å². The van der Waals surface area contributed by atoms with Crippen LogP contribution in [0.25, 0.3) is 0 Å².